The monoisotopic (exact) mass is 364 g/mol. The van der Waals surface area contributed by atoms with E-state index in [2.05, 4.69) is 104 Å². The van der Waals surface area contributed by atoms with Crippen molar-refractivity contribution in [3.05, 3.63) is 106 Å². The molecule has 28 heavy (non-hydrogen) atoms. The number of hydrogen-bond acceptors (Lipinski definition) is 0. The molecule has 5 rings (SSSR count). The summed E-state index contributed by atoms with van der Waals surface area (Å²) in [6.07, 6.45) is 0. The lowest BCUT2D eigenvalue weighted by Gasteiger charge is -2.20. The highest BCUT2D eigenvalue weighted by Gasteiger charge is 2.26. The van der Waals surface area contributed by atoms with Crippen molar-refractivity contribution >= 4 is 21.8 Å². The molecule has 0 spiro atoms. The van der Waals surface area contributed by atoms with E-state index in [1.165, 1.54) is 55.4 Å². The second kappa shape index (κ2) is 6.42. The molecule has 5 aromatic rings. The van der Waals surface area contributed by atoms with Crippen LogP contribution in [0.25, 0.3) is 21.8 Å². The summed E-state index contributed by atoms with van der Waals surface area (Å²) in [5.41, 5.74) is 10.2. The van der Waals surface area contributed by atoms with E-state index >= 15 is 0 Å². The summed E-state index contributed by atoms with van der Waals surface area (Å²) >= 11 is 0. The number of benzene rings is 3. The topological polar surface area (TPSA) is 31.6 Å². The maximum atomic E-state index is 3.61. The third-order valence-corrected chi connectivity index (χ3v) is 5.87. The Morgan fingerprint density at radius 1 is 0.571 bits per heavy atom. The van der Waals surface area contributed by atoms with Gasteiger partial charge in [-0.05, 0) is 49.6 Å². The van der Waals surface area contributed by atoms with Gasteiger partial charge in [-0.2, -0.15) is 0 Å². The van der Waals surface area contributed by atoms with Crippen molar-refractivity contribution in [2.75, 3.05) is 0 Å². The molecule has 0 saturated heterocycles. The van der Waals surface area contributed by atoms with Gasteiger partial charge >= 0.3 is 0 Å². The molecule has 0 bridgehead atoms. The van der Waals surface area contributed by atoms with Crippen molar-refractivity contribution in [2.24, 2.45) is 0 Å². The average molecular weight is 364 g/mol. The molecule has 0 atom stereocenters. The molecule has 3 aromatic carbocycles. The van der Waals surface area contributed by atoms with Crippen molar-refractivity contribution < 1.29 is 0 Å². The molecule has 2 heteroatoms. The van der Waals surface area contributed by atoms with E-state index in [1.54, 1.807) is 0 Å². The first kappa shape index (κ1) is 16.9. The van der Waals surface area contributed by atoms with Crippen LogP contribution < -0.4 is 0 Å². The number of aromatic amines is 2. The Balaban J connectivity index is 1.87. The number of rotatable bonds is 3. The normalized spacial score (nSPS) is 11.7. The van der Waals surface area contributed by atoms with E-state index in [9.17, 15) is 0 Å². The minimum absolute atomic E-state index is 0.174. The van der Waals surface area contributed by atoms with Crippen LogP contribution in [0.3, 0.4) is 0 Å². The Morgan fingerprint density at radius 2 is 1.04 bits per heavy atom. The molecule has 0 unspecified atom stereocenters. The van der Waals surface area contributed by atoms with Gasteiger partial charge in [0, 0.05) is 39.1 Å². The maximum Gasteiger partial charge on any atom is 0.0459 e. The fraction of sp³-hybridized carbons (Fsp3) is 0.154. The molecule has 2 N–H and O–H groups in total. The van der Waals surface area contributed by atoms with Crippen molar-refractivity contribution in [1.82, 2.24) is 9.97 Å². The van der Waals surface area contributed by atoms with Crippen molar-refractivity contribution in [3.63, 3.8) is 0 Å². The quantitative estimate of drug-likeness (QED) is 0.355. The molecule has 0 aliphatic rings. The van der Waals surface area contributed by atoms with Crippen LogP contribution in [0.2, 0.25) is 0 Å². The van der Waals surface area contributed by atoms with Crippen molar-refractivity contribution in [1.29, 1.82) is 0 Å². The SMILES string of the molecule is Cc1ccc(C(c2c(C)[nH]c3ccccc23)c2c(C)[nH]c3ccccc23)cc1. The lowest BCUT2D eigenvalue weighted by molar-refractivity contribution is 0.961. The second-order valence-electron chi connectivity index (χ2n) is 7.76. The van der Waals surface area contributed by atoms with Gasteiger partial charge < -0.3 is 9.97 Å². The Hall–Kier alpha value is -3.26. The first-order chi connectivity index (χ1) is 13.6. The van der Waals surface area contributed by atoms with Gasteiger partial charge in [0.05, 0.1) is 0 Å². The summed E-state index contributed by atoms with van der Waals surface area (Å²) in [6.45, 7) is 6.54. The zero-order chi connectivity index (χ0) is 19.3. The minimum atomic E-state index is 0.174. The first-order valence-corrected chi connectivity index (χ1v) is 9.84. The molecule has 0 radical (unpaired) electrons. The van der Waals surface area contributed by atoms with Gasteiger partial charge in [0.25, 0.3) is 0 Å². The molecule has 0 fully saturated rings. The van der Waals surface area contributed by atoms with Gasteiger partial charge in [0.15, 0.2) is 0 Å². The van der Waals surface area contributed by atoms with Gasteiger partial charge in [-0.25, -0.2) is 0 Å². The van der Waals surface area contributed by atoms with E-state index in [0.717, 1.165) is 0 Å². The number of H-pyrrole nitrogens is 2. The number of para-hydroxylation sites is 2. The number of aryl methyl sites for hydroxylation is 3. The third kappa shape index (κ3) is 2.56. The van der Waals surface area contributed by atoms with Gasteiger partial charge in [0.1, 0.15) is 0 Å². The molecule has 0 amide bonds. The predicted molar refractivity (Wildman–Crippen MR) is 118 cm³/mol. The summed E-state index contributed by atoms with van der Waals surface area (Å²) in [4.78, 5) is 7.22. The molecule has 2 nitrogen and oxygen atoms in total. The molecule has 0 aliphatic carbocycles. The molecular formula is C26H24N2. The predicted octanol–water partition coefficient (Wildman–Crippen LogP) is 6.75. The number of nitrogens with one attached hydrogen (secondary N) is 2. The number of aromatic nitrogens is 2. The molecule has 138 valence electrons. The molecule has 2 aromatic heterocycles. The summed E-state index contributed by atoms with van der Waals surface area (Å²) in [6, 6.07) is 26.3. The lowest BCUT2D eigenvalue weighted by atomic mass is 9.82. The highest BCUT2D eigenvalue weighted by atomic mass is 14.7. The summed E-state index contributed by atoms with van der Waals surface area (Å²) < 4.78 is 0. The van der Waals surface area contributed by atoms with Crippen LogP contribution in [0.5, 0.6) is 0 Å². The van der Waals surface area contributed by atoms with Crippen LogP contribution in [-0.4, -0.2) is 9.97 Å². The van der Waals surface area contributed by atoms with E-state index in [1.807, 2.05) is 0 Å². The second-order valence-corrected chi connectivity index (χ2v) is 7.76. The van der Waals surface area contributed by atoms with Crippen molar-refractivity contribution in [2.45, 2.75) is 26.7 Å². The average Bonchev–Trinajstić information content (AvgIpc) is 3.20. The van der Waals surface area contributed by atoms with E-state index in [0.29, 0.717) is 0 Å². The summed E-state index contributed by atoms with van der Waals surface area (Å²) in [5, 5.41) is 2.60. The zero-order valence-corrected chi connectivity index (χ0v) is 16.5. The number of fused-ring (bicyclic) bond motifs is 2. The molecule has 2 heterocycles. The smallest absolute Gasteiger partial charge is 0.0459 e. The van der Waals surface area contributed by atoms with Crippen LogP contribution in [0.15, 0.2) is 72.8 Å². The Labute approximate surface area is 165 Å². The largest absolute Gasteiger partial charge is 0.358 e. The van der Waals surface area contributed by atoms with E-state index in [4.69, 9.17) is 0 Å². The Morgan fingerprint density at radius 3 is 1.54 bits per heavy atom. The summed E-state index contributed by atoms with van der Waals surface area (Å²) in [5.74, 6) is 0.174. The Bertz CT molecular complexity index is 1210. The van der Waals surface area contributed by atoms with E-state index in [-0.39, 0.29) is 5.92 Å². The third-order valence-electron chi connectivity index (χ3n) is 5.87. The molecular weight excluding hydrogens is 340 g/mol. The van der Waals surface area contributed by atoms with Crippen LogP contribution in [0.1, 0.15) is 39.6 Å². The van der Waals surface area contributed by atoms with Crippen LogP contribution in [-0.2, 0) is 0 Å². The zero-order valence-electron chi connectivity index (χ0n) is 16.5. The van der Waals surface area contributed by atoms with E-state index < -0.39 is 0 Å². The first-order valence-electron chi connectivity index (χ1n) is 9.84. The molecule has 0 aliphatic heterocycles. The van der Waals surface area contributed by atoms with Gasteiger partial charge in [0.2, 0.25) is 0 Å². The van der Waals surface area contributed by atoms with Crippen LogP contribution in [0, 0.1) is 20.8 Å². The van der Waals surface area contributed by atoms with Crippen LogP contribution >= 0.6 is 0 Å². The van der Waals surface area contributed by atoms with Gasteiger partial charge in [-0.15, -0.1) is 0 Å². The minimum Gasteiger partial charge on any atom is -0.358 e. The Kier molecular flexibility index (Phi) is 3.87. The fourth-order valence-electron chi connectivity index (χ4n) is 4.58. The maximum absolute atomic E-state index is 3.61. The molecule has 0 saturated carbocycles. The lowest BCUT2D eigenvalue weighted by Crippen LogP contribution is -2.06. The van der Waals surface area contributed by atoms with Gasteiger partial charge in [-0.1, -0.05) is 66.2 Å². The van der Waals surface area contributed by atoms with Gasteiger partial charge in [-0.3, -0.25) is 0 Å². The highest BCUT2D eigenvalue weighted by molar-refractivity contribution is 5.90. The fourth-order valence-corrected chi connectivity index (χ4v) is 4.58. The summed E-state index contributed by atoms with van der Waals surface area (Å²) in [7, 11) is 0. The standard InChI is InChI=1S/C26H24N2/c1-16-12-14-19(15-13-16)26(24-17(2)27-22-10-6-4-8-20(22)24)25-18(3)28-23-11-7-5-9-21(23)25/h4-15,26-28H,1-3H3. The van der Waals surface area contributed by atoms with Crippen molar-refractivity contribution in [3.8, 4) is 0 Å². The highest BCUT2D eigenvalue weighted by Crippen LogP contribution is 2.42. The number of hydrogen-bond donors (Lipinski definition) is 2. The van der Waals surface area contributed by atoms with Crippen LogP contribution in [0.4, 0.5) is 0 Å².